The Labute approximate surface area is 217 Å². The van der Waals surface area contributed by atoms with Crippen molar-refractivity contribution in [2.24, 2.45) is 22.8 Å². The Morgan fingerprint density at radius 1 is 1.00 bits per heavy atom. The Balaban J connectivity index is 1.64. The Kier molecular flexibility index (Phi) is 7.74. The average Bonchev–Trinajstić information content (AvgIpc) is 3.15. The summed E-state index contributed by atoms with van der Waals surface area (Å²) in [6.07, 6.45) is 1.59. The zero-order valence-corrected chi connectivity index (χ0v) is 21.3. The van der Waals surface area contributed by atoms with Crippen LogP contribution in [0.15, 0.2) is 78.9 Å². The summed E-state index contributed by atoms with van der Waals surface area (Å²) in [6, 6.07) is 25.3. The van der Waals surface area contributed by atoms with E-state index in [2.05, 4.69) is 12.1 Å². The van der Waals surface area contributed by atoms with Crippen molar-refractivity contribution in [1.29, 1.82) is 5.41 Å². The number of likely N-dealkylation sites (tertiary alicyclic amines) is 1. The number of nitrogen functional groups attached to an aromatic ring is 1. The average molecular weight is 499 g/mol. The lowest BCUT2D eigenvalue weighted by Crippen LogP contribution is -2.43. The lowest BCUT2D eigenvalue weighted by molar-refractivity contribution is -0.159. The summed E-state index contributed by atoms with van der Waals surface area (Å²) >= 11 is 0. The van der Waals surface area contributed by atoms with Crippen LogP contribution in [0.5, 0.6) is 0 Å². The highest BCUT2D eigenvalue weighted by atomic mass is 16.5. The summed E-state index contributed by atoms with van der Waals surface area (Å²) in [5, 5.41) is 7.58. The molecule has 0 bridgehead atoms. The third-order valence-corrected chi connectivity index (χ3v) is 7.52. The van der Waals surface area contributed by atoms with Gasteiger partial charge in [-0.15, -0.1) is 0 Å². The predicted octanol–water partition coefficient (Wildman–Crippen LogP) is 3.91. The van der Waals surface area contributed by atoms with Crippen molar-refractivity contribution in [3.63, 3.8) is 0 Å². The maximum atomic E-state index is 13.7. The molecule has 1 aliphatic rings. The molecule has 7 nitrogen and oxygen atoms in total. The van der Waals surface area contributed by atoms with Crippen LogP contribution in [0.2, 0.25) is 0 Å². The number of nitrogens with one attached hydrogen (secondary N) is 1. The molecule has 4 rings (SSSR count). The van der Waals surface area contributed by atoms with Gasteiger partial charge in [-0.05, 0) is 48.6 Å². The first kappa shape index (κ1) is 26.1. The van der Waals surface area contributed by atoms with Gasteiger partial charge in [-0.25, -0.2) is 0 Å². The Bertz CT molecular complexity index is 1260. The molecule has 1 amide bonds. The lowest BCUT2D eigenvalue weighted by Gasteiger charge is -2.29. The maximum Gasteiger partial charge on any atom is 0.321 e. The summed E-state index contributed by atoms with van der Waals surface area (Å²) in [5.41, 5.74) is 15.2. The highest BCUT2D eigenvalue weighted by Crippen LogP contribution is 2.49. The van der Waals surface area contributed by atoms with Crippen LogP contribution in [-0.2, 0) is 20.7 Å². The molecule has 192 valence electrons. The van der Waals surface area contributed by atoms with Crippen molar-refractivity contribution in [3.05, 3.63) is 95.6 Å². The summed E-state index contributed by atoms with van der Waals surface area (Å²) in [6.45, 7) is 2.34. The number of rotatable bonds is 9. The minimum absolute atomic E-state index is 0.0293. The van der Waals surface area contributed by atoms with Crippen LogP contribution in [-0.4, -0.2) is 42.8 Å². The second-order valence-electron chi connectivity index (χ2n) is 9.68. The van der Waals surface area contributed by atoms with Gasteiger partial charge in [-0.2, -0.15) is 0 Å². The van der Waals surface area contributed by atoms with E-state index in [-0.39, 0.29) is 24.3 Å². The molecule has 1 fully saturated rings. The standard InChI is InChI=1S/C30H34N4O3/c1-30(29(36)37-2)25(19-31)26(34(28(30)35)18-6-9-20-7-4-3-5-8-20)23-14-10-21(11-15-23)22-12-16-24(17-13-22)27(32)33/h3-5,7-8,10-17,25-26H,6,9,18-19,31H2,1-2H3,(H3,32,33)/t25?,26-,30-/m1/s1. The number of amides is 1. The molecule has 1 unspecified atom stereocenters. The van der Waals surface area contributed by atoms with Crippen molar-refractivity contribution >= 4 is 17.7 Å². The molecule has 3 aromatic rings. The molecule has 0 aliphatic carbocycles. The van der Waals surface area contributed by atoms with Gasteiger partial charge in [0.2, 0.25) is 5.91 Å². The number of nitrogens with zero attached hydrogens (tertiary/aromatic N) is 1. The van der Waals surface area contributed by atoms with Crippen LogP contribution in [0.3, 0.4) is 0 Å². The maximum absolute atomic E-state index is 13.7. The number of amidine groups is 1. The van der Waals surface area contributed by atoms with E-state index in [1.807, 2.05) is 71.6 Å². The fourth-order valence-corrected chi connectivity index (χ4v) is 5.40. The minimum atomic E-state index is -1.35. The molecule has 1 heterocycles. The molecule has 7 heteroatoms. The Morgan fingerprint density at radius 3 is 2.14 bits per heavy atom. The zero-order chi connectivity index (χ0) is 26.6. The predicted molar refractivity (Wildman–Crippen MR) is 145 cm³/mol. The third-order valence-electron chi connectivity index (χ3n) is 7.52. The molecule has 0 spiro atoms. The van der Waals surface area contributed by atoms with Crippen LogP contribution in [0, 0.1) is 16.7 Å². The first-order valence-corrected chi connectivity index (χ1v) is 12.5. The Hall–Kier alpha value is -3.97. The van der Waals surface area contributed by atoms with Crippen molar-refractivity contribution in [3.8, 4) is 11.1 Å². The fourth-order valence-electron chi connectivity index (χ4n) is 5.40. The molecule has 37 heavy (non-hydrogen) atoms. The first-order valence-electron chi connectivity index (χ1n) is 12.5. The monoisotopic (exact) mass is 498 g/mol. The van der Waals surface area contributed by atoms with Gasteiger partial charge in [0.15, 0.2) is 0 Å². The van der Waals surface area contributed by atoms with E-state index in [1.165, 1.54) is 12.7 Å². The summed E-state index contributed by atoms with van der Waals surface area (Å²) in [5.74, 6) is -1.19. The first-order chi connectivity index (χ1) is 17.8. The van der Waals surface area contributed by atoms with Crippen LogP contribution in [0.25, 0.3) is 11.1 Å². The topological polar surface area (TPSA) is 122 Å². The van der Waals surface area contributed by atoms with Crippen molar-refractivity contribution in [2.75, 3.05) is 20.2 Å². The second-order valence-corrected chi connectivity index (χ2v) is 9.68. The van der Waals surface area contributed by atoms with Crippen LogP contribution < -0.4 is 11.5 Å². The van der Waals surface area contributed by atoms with E-state index in [9.17, 15) is 9.59 Å². The summed E-state index contributed by atoms with van der Waals surface area (Å²) in [7, 11) is 1.31. The number of benzene rings is 3. The van der Waals surface area contributed by atoms with E-state index in [4.69, 9.17) is 21.6 Å². The number of ether oxygens (including phenoxy) is 1. The highest BCUT2D eigenvalue weighted by Gasteiger charge is 2.61. The lowest BCUT2D eigenvalue weighted by atomic mass is 9.75. The molecule has 1 saturated heterocycles. The third kappa shape index (κ3) is 5.00. The van der Waals surface area contributed by atoms with Crippen molar-refractivity contribution < 1.29 is 14.3 Å². The Morgan fingerprint density at radius 2 is 1.59 bits per heavy atom. The number of carbonyl (C=O) groups is 2. The molecule has 0 radical (unpaired) electrons. The van der Waals surface area contributed by atoms with E-state index < -0.39 is 17.3 Å². The second kappa shape index (κ2) is 11.0. The van der Waals surface area contributed by atoms with E-state index in [0.29, 0.717) is 12.1 Å². The van der Waals surface area contributed by atoms with Gasteiger partial charge in [0.1, 0.15) is 11.3 Å². The van der Waals surface area contributed by atoms with Crippen LogP contribution in [0.1, 0.15) is 36.1 Å². The smallest absolute Gasteiger partial charge is 0.321 e. The van der Waals surface area contributed by atoms with E-state index >= 15 is 0 Å². The van der Waals surface area contributed by atoms with E-state index in [1.54, 1.807) is 6.92 Å². The molecule has 0 saturated carbocycles. The SMILES string of the molecule is COC(=O)[C@@]1(C)C(=O)N(CCCc2ccccc2)[C@H](c2ccc(-c3ccc(C(=N)N)cc3)cc2)C1CN. The molecular weight excluding hydrogens is 464 g/mol. The fraction of sp³-hybridized carbons (Fsp3) is 0.300. The number of aryl methyl sites for hydroxylation is 1. The molecule has 3 aromatic carbocycles. The molecule has 5 N–H and O–H groups in total. The van der Waals surface area contributed by atoms with Gasteiger partial charge in [-0.1, -0.05) is 78.9 Å². The van der Waals surface area contributed by atoms with Gasteiger partial charge in [0.25, 0.3) is 0 Å². The van der Waals surface area contributed by atoms with Crippen LogP contribution in [0.4, 0.5) is 0 Å². The van der Waals surface area contributed by atoms with Gasteiger partial charge in [0, 0.05) is 18.0 Å². The van der Waals surface area contributed by atoms with Crippen molar-refractivity contribution in [1.82, 2.24) is 4.90 Å². The quantitative estimate of drug-likeness (QED) is 0.179. The molecule has 0 aromatic heterocycles. The van der Waals surface area contributed by atoms with Crippen LogP contribution >= 0.6 is 0 Å². The number of carbonyl (C=O) groups excluding carboxylic acids is 2. The number of methoxy groups -OCH3 is 1. The molecular formula is C30H34N4O3. The summed E-state index contributed by atoms with van der Waals surface area (Å²) < 4.78 is 5.08. The molecule has 3 atom stereocenters. The highest BCUT2D eigenvalue weighted by molar-refractivity contribution is 6.04. The number of hydrogen-bond acceptors (Lipinski definition) is 5. The number of hydrogen-bond donors (Lipinski definition) is 3. The van der Waals surface area contributed by atoms with E-state index in [0.717, 1.165) is 29.5 Å². The van der Waals surface area contributed by atoms with Gasteiger partial charge in [0.05, 0.1) is 13.2 Å². The van der Waals surface area contributed by atoms with Gasteiger partial charge >= 0.3 is 5.97 Å². The van der Waals surface area contributed by atoms with Gasteiger partial charge < -0.3 is 21.1 Å². The number of esters is 1. The molecule has 1 aliphatic heterocycles. The van der Waals surface area contributed by atoms with Crippen molar-refractivity contribution in [2.45, 2.75) is 25.8 Å². The number of nitrogens with two attached hydrogens (primary N) is 2. The summed E-state index contributed by atoms with van der Waals surface area (Å²) in [4.78, 5) is 28.5. The minimum Gasteiger partial charge on any atom is -0.468 e. The van der Waals surface area contributed by atoms with Gasteiger partial charge in [-0.3, -0.25) is 15.0 Å². The zero-order valence-electron chi connectivity index (χ0n) is 21.3. The normalized spacial score (nSPS) is 21.2. The largest absolute Gasteiger partial charge is 0.468 e.